The van der Waals surface area contributed by atoms with Crippen molar-refractivity contribution in [3.8, 4) is 0 Å². The first-order chi connectivity index (χ1) is 45.6. The third kappa shape index (κ3) is 11.8. The summed E-state index contributed by atoms with van der Waals surface area (Å²) in [6.45, 7) is 7.61. The Bertz CT molecular complexity index is 4190. The summed E-state index contributed by atoms with van der Waals surface area (Å²) in [4.78, 5) is 25.2. The van der Waals surface area contributed by atoms with Crippen molar-refractivity contribution in [1.29, 1.82) is 0 Å². The number of ether oxygens (including phenoxy) is 12. The third-order valence-corrected chi connectivity index (χ3v) is 19.5. The van der Waals surface area contributed by atoms with Gasteiger partial charge in [0, 0.05) is 67.1 Å². The Balaban J connectivity index is 0.000000118. The highest BCUT2D eigenvalue weighted by atomic mass is 35.5. The molecule has 0 spiro atoms. The number of rotatable bonds is 8. The molecule has 0 aliphatic carbocycles. The second kappa shape index (κ2) is 25.2. The summed E-state index contributed by atoms with van der Waals surface area (Å²) in [5, 5.41) is 36.0. The molecule has 0 saturated carbocycles. The number of benzene rings is 3. The highest BCUT2D eigenvalue weighted by Gasteiger charge is 2.61. The molecule has 30 heteroatoms. The van der Waals surface area contributed by atoms with E-state index in [4.69, 9.17) is 115 Å². The Hall–Kier alpha value is -6.32. The Morgan fingerprint density at radius 3 is 1.29 bits per heavy atom. The summed E-state index contributed by atoms with van der Waals surface area (Å²) in [5.41, 5.74) is 19.5. The molecule has 95 heavy (non-hydrogen) atoms. The zero-order valence-corrected chi connectivity index (χ0v) is 54.9. The maximum atomic E-state index is 10.7. The van der Waals surface area contributed by atoms with Gasteiger partial charge in [0.1, 0.15) is 126 Å². The van der Waals surface area contributed by atoms with Crippen LogP contribution < -0.4 is 11.5 Å². The van der Waals surface area contributed by atoms with E-state index >= 15 is 0 Å². The van der Waals surface area contributed by atoms with Crippen LogP contribution in [0.5, 0.6) is 0 Å². The molecule has 17 rings (SSSR count). The first kappa shape index (κ1) is 64.7. The van der Waals surface area contributed by atoms with Crippen molar-refractivity contribution in [2.75, 3.05) is 25.7 Å². The summed E-state index contributed by atoms with van der Waals surface area (Å²) in [5.74, 6) is -0.824. The lowest BCUT2D eigenvalue weighted by Gasteiger charge is -2.36. The van der Waals surface area contributed by atoms with Gasteiger partial charge < -0.3 is 97.3 Å². The zero-order chi connectivity index (χ0) is 66.1. The number of methoxy groups -OCH3 is 2. The molecule has 3 unspecified atom stereocenters. The Kier molecular flexibility index (Phi) is 17.2. The van der Waals surface area contributed by atoms with E-state index in [9.17, 15) is 15.3 Å². The van der Waals surface area contributed by atoms with Gasteiger partial charge in [-0.2, -0.15) is 0 Å². The largest absolute Gasteiger partial charge is 0.387 e. The minimum Gasteiger partial charge on any atom is -0.387 e. The van der Waals surface area contributed by atoms with E-state index in [1.54, 1.807) is 49.2 Å². The van der Waals surface area contributed by atoms with E-state index in [1.165, 1.54) is 19.0 Å². The first-order valence-electron chi connectivity index (χ1n) is 30.8. The van der Waals surface area contributed by atoms with Crippen LogP contribution in [0.3, 0.4) is 0 Å². The molecule has 9 aromatic rings. The standard InChI is InChI=1S/C23H23Cl2N3O5.C23H25ClN4O5.C19H19ClN4O5/c2*1-23(2)32-18-17(16-13-5-4-12(24)8-11(13)9-15(29-3)30-16)31-22(19(18)33-23)28-7-6-14-20(25)26-10-27-21(14)28;20-9-1-2-10-8(5-9)6-12(25)28-15(10)16-13(26)14(27)19(29-16)24-4-3-11-17(21)22-7-23-18(11)24/h4-8,10,15-19,22H,9H2,1-3H3;4-8,10,15-19,22H,9H2,1-3H3,(H2,25,26,27);1-5,7,12-16,19,25-27H,6H2,(H2,21,22,23)/t2*15?,16-,17-,18-,19-,22-;12?,13-,14+,15+,16-,19+/m110/s1. The van der Waals surface area contributed by atoms with Gasteiger partial charge >= 0.3 is 0 Å². The molecule has 5 fully saturated rings. The van der Waals surface area contributed by atoms with Gasteiger partial charge in [-0.15, -0.1) is 0 Å². The van der Waals surface area contributed by atoms with Crippen LogP contribution in [0.25, 0.3) is 33.1 Å². The van der Waals surface area contributed by atoms with Crippen molar-refractivity contribution in [2.24, 2.45) is 0 Å². The van der Waals surface area contributed by atoms with Crippen LogP contribution in [0, 0.1) is 0 Å². The maximum absolute atomic E-state index is 10.7. The van der Waals surface area contributed by atoms with Crippen molar-refractivity contribution in [2.45, 2.75) is 169 Å². The van der Waals surface area contributed by atoms with Crippen molar-refractivity contribution >= 4 is 91.1 Å². The molecule has 0 bridgehead atoms. The van der Waals surface area contributed by atoms with Gasteiger partial charge in [0.15, 0.2) is 49.1 Å². The molecular weight excluding hydrogens is 1320 g/mol. The number of nitrogens with two attached hydrogens (primary N) is 2. The molecule has 14 heterocycles. The minimum atomic E-state index is -1.25. The van der Waals surface area contributed by atoms with Crippen molar-refractivity contribution in [3.63, 3.8) is 0 Å². The molecule has 18 atom stereocenters. The van der Waals surface area contributed by atoms with Gasteiger partial charge in [-0.1, -0.05) is 64.6 Å². The van der Waals surface area contributed by atoms with E-state index in [1.807, 2.05) is 97.8 Å². The number of halogens is 4. The number of nitrogens with zero attached hydrogens (tertiary/aromatic N) is 9. The van der Waals surface area contributed by atoms with Crippen LogP contribution in [0.4, 0.5) is 11.6 Å². The minimum absolute atomic E-state index is 0.277. The fourth-order valence-corrected chi connectivity index (χ4v) is 15.2. The highest BCUT2D eigenvalue weighted by molar-refractivity contribution is 6.34. The first-order valence-corrected chi connectivity index (χ1v) is 32.3. The predicted molar refractivity (Wildman–Crippen MR) is 342 cm³/mol. The highest BCUT2D eigenvalue weighted by Crippen LogP contribution is 2.53. The second-order valence-corrected chi connectivity index (χ2v) is 26.9. The Morgan fingerprint density at radius 2 is 0.832 bits per heavy atom. The predicted octanol–water partition coefficient (Wildman–Crippen LogP) is 8.73. The zero-order valence-electron chi connectivity index (χ0n) is 51.8. The number of aliphatic hydroxyl groups is 3. The van der Waals surface area contributed by atoms with Crippen molar-refractivity contribution in [3.05, 3.63) is 164 Å². The topological polar surface area (TPSA) is 316 Å². The van der Waals surface area contributed by atoms with E-state index in [0.29, 0.717) is 67.0 Å². The maximum Gasteiger partial charge on any atom is 0.164 e. The van der Waals surface area contributed by atoms with Crippen LogP contribution in [0.2, 0.25) is 20.2 Å². The number of aliphatic hydroxyl groups excluding tert-OH is 3. The van der Waals surface area contributed by atoms with Crippen molar-refractivity contribution < 1.29 is 72.2 Å². The van der Waals surface area contributed by atoms with Gasteiger partial charge in [0.25, 0.3) is 0 Å². The van der Waals surface area contributed by atoms with E-state index in [-0.39, 0.29) is 30.8 Å². The van der Waals surface area contributed by atoms with Gasteiger partial charge in [0.2, 0.25) is 0 Å². The molecule has 3 aromatic carbocycles. The molecule has 8 aliphatic heterocycles. The fourth-order valence-electron chi connectivity index (χ4n) is 14.4. The smallest absolute Gasteiger partial charge is 0.164 e. The number of hydrogen-bond donors (Lipinski definition) is 5. The molecule has 6 aromatic heterocycles. The lowest BCUT2D eigenvalue weighted by Crippen LogP contribution is -2.40. The average Bonchev–Trinajstić information content (AvgIpc) is 1.59. The van der Waals surface area contributed by atoms with Gasteiger partial charge in [0.05, 0.1) is 16.2 Å². The van der Waals surface area contributed by atoms with Gasteiger partial charge in [-0.05, 0) is 116 Å². The molecule has 500 valence electrons. The summed E-state index contributed by atoms with van der Waals surface area (Å²) in [6.07, 6.45) is -0.0988. The van der Waals surface area contributed by atoms with Crippen LogP contribution in [-0.4, -0.2) is 159 Å². The Labute approximate surface area is 563 Å². The van der Waals surface area contributed by atoms with Crippen LogP contribution in [-0.2, 0) is 76.1 Å². The summed E-state index contributed by atoms with van der Waals surface area (Å²) >= 11 is 24.9. The number of hydrogen-bond acceptors (Lipinski definition) is 23. The molecule has 0 amide bonds. The summed E-state index contributed by atoms with van der Waals surface area (Å²) < 4.78 is 79.6. The monoisotopic (exact) mass is 1380 g/mol. The second-order valence-electron chi connectivity index (χ2n) is 25.2. The van der Waals surface area contributed by atoms with Gasteiger partial charge in [-0.3, -0.25) is 0 Å². The summed E-state index contributed by atoms with van der Waals surface area (Å²) in [7, 11) is 3.26. The van der Waals surface area contributed by atoms with Crippen LogP contribution in [0.1, 0.15) is 98.1 Å². The summed E-state index contributed by atoms with van der Waals surface area (Å²) in [6, 6.07) is 22.3. The average molecular weight is 1380 g/mol. The van der Waals surface area contributed by atoms with E-state index < -0.39 is 98.0 Å². The molecule has 0 radical (unpaired) electrons. The number of aromatic nitrogens is 9. The number of nitrogen functional groups attached to an aromatic ring is 2. The molecule has 5 saturated heterocycles. The molecule has 26 nitrogen and oxygen atoms in total. The molecule has 7 N–H and O–H groups in total. The molecular formula is C65H67Cl4N11O15. The normalized spacial score (nSPS) is 32.5. The Morgan fingerprint density at radius 1 is 0.442 bits per heavy atom. The van der Waals surface area contributed by atoms with Crippen LogP contribution >= 0.6 is 46.4 Å². The van der Waals surface area contributed by atoms with E-state index in [2.05, 4.69) is 29.9 Å². The van der Waals surface area contributed by atoms with Gasteiger partial charge in [-0.25, -0.2) is 29.9 Å². The van der Waals surface area contributed by atoms with Crippen LogP contribution in [0.15, 0.2) is 110 Å². The lowest BCUT2D eigenvalue weighted by molar-refractivity contribution is -0.237. The third-order valence-electron chi connectivity index (χ3n) is 18.5. The number of anilines is 2. The SMILES string of the molecule is COC1Cc2cc(Cl)ccc2[C@H]([C@H]2O[C@@H](n3ccc4c(Cl)ncnc43)[C@@H]3OC(C)(C)O[C@@H]32)O1.COC1Cc2cc(Cl)ccc2[C@H]([C@H]2O[C@@H](n3ccc4c(N)ncnc43)[C@@H]3OC(C)(C)O[C@@H]32)O1.Nc1ncnc2c1ccn2[C@@H]1O[C@H]([C@@H]2OC(O)Cc3cc(Cl)ccc32)[C@@H](O)[C@H]1O. The number of fused-ring (bicyclic) bond motifs is 8. The quantitative estimate of drug-likeness (QED) is 0.0888. The van der Waals surface area contributed by atoms with Crippen molar-refractivity contribution in [1.82, 2.24) is 43.6 Å². The van der Waals surface area contributed by atoms with E-state index in [0.717, 1.165) is 44.2 Å². The molecule has 8 aliphatic rings. The fraction of sp³-hybridized carbons (Fsp3) is 0.446. The lowest BCUT2D eigenvalue weighted by atomic mass is 9.91.